The third kappa shape index (κ3) is 2.79. The minimum atomic E-state index is -0.401. The Bertz CT molecular complexity index is 557. The predicted octanol–water partition coefficient (Wildman–Crippen LogP) is 2.31. The Kier molecular flexibility index (Phi) is 3.47. The summed E-state index contributed by atoms with van der Waals surface area (Å²) in [6, 6.07) is 4.73. The fraction of sp³-hybridized carbons (Fsp3) is 0.167. The summed E-state index contributed by atoms with van der Waals surface area (Å²) in [5, 5.41) is 13.8. The van der Waals surface area contributed by atoms with Crippen molar-refractivity contribution in [3.05, 3.63) is 58.2 Å². The number of aromatic nitrogens is 2. The first-order valence-electron chi connectivity index (χ1n) is 5.39. The van der Waals surface area contributed by atoms with E-state index in [1.165, 1.54) is 12.4 Å². The van der Waals surface area contributed by atoms with E-state index >= 15 is 0 Å². The van der Waals surface area contributed by atoms with Crippen LogP contribution in [0.1, 0.15) is 11.1 Å². The smallest absolute Gasteiger partial charge is 0.269 e. The van der Waals surface area contributed by atoms with Crippen molar-refractivity contribution in [2.24, 2.45) is 0 Å². The molecule has 0 aliphatic rings. The molecule has 6 nitrogen and oxygen atoms in total. The Hall–Kier alpha value is -2.50. The summed E-state index contributed by atoms with van der Waals surface area (Å²) >= 11 is 0. The van der Waals surface area contributed by atoms with Crippen LogP contribution in [-0.4, -0.2) is 14.9 Å². The van der Waals surface area contributed by atoms with Gasteiger partial charge in [-0.1, -0.05) is 0 Å². The molecule has 0 amide bonds. The normalized spacial score (nSPS) is 10.1. The van der Waals surface area contributed by atoms with E-state index in [0.29, 0.717) is 6.54 Å². The van der Waals surface area contributed by atoms with Crippen LogP contribution in [0.5, 0.6) is 0 Å². The van der Waals surface area contributed by atoms with Crippen LogP contribution in [0.25, 0.3) is 0 Å². The largest absolute Gasteiger partial charge is 0.381 e. The monoisotopic (exact) mass is 244 g/mol. The third-order valence-corrected chi connectivity index (χ3v) is 2.52. The molecule has 0 bridgehead atoms. The maximum atomic E-state index is 10.6. The Balaban J connectivity index is 2.08. The van der Waals surface area contributed by atoms with Gasteiger partial charge in [0, 0.05) is 42.3 Å². The molecule has 18 heavy (non-hydrogen) atoms. The van der Waals surface area contributed by atoms with E-state index in [2.05, 4.69) is 15.3 Å². The van der Waals surface area contributed by atoms with Crippen LogP contribution < -0.4 is 5.32 Å². The first kappa shape index (κ1) is 12.0. The number of hydrogen-bond acceptors (Lipinski definition) is 5. The molecule has 6 heteroatoms. The number of benzene rings is 1. The molecular weight excluding hydrogens is 232 g/mol. The van der Waals surface area contributed by atoms with E-state index in [9.17, 15) is 10.1 Å². The molecule has 1 heterocycles. The maximum Gasteiger partial charge on any atom is 0.269 e. The zero-order valence-corrected chi connectivity index (χ0v) is 9.83. The van der Waals surface area contributed by atoms with Gasteiger partial charge < -0.3 is 5.32 Å². The highest BCUT2D eigenvalue weighted by Gasteiger charge is 2.07. The zero-order valence-electron chi connectivity index (χ0n) is 9.83. The van der Waals surface area contributed by atoms with Crippen LogP contribution in [0.3, 0.4) is 0 Å². The SMILES string of the molecule is Cc1cc([N+](=O)[O-])ccc1NCc1cncnc1. The van der Waals surface area contributed by atoms with Gasteiger partial charge in [0.2, 0.25) is 0 Å². The lowest BCUT2D eigenvalue weighted by Crippen LogP contribution is -2.02. The molecule has 0 atom stereocenters. The number of anilines is 1. The summed E-state index contributed by atoms with van der Waals surface area (Å²) < 4.78 is 0. The van der Waals surface area contributed by atoms with Gasteiger partial charge in [-0.15, -0.1) is 0 Å². The Labute approximate surface area is 104 Å². The lowest BCUT2D eigenvalue weighted by Gasteiger charge is -2.08. The predicted molar refractivity (Wildman–Crippen MR) is 67.2 cm³/mol. The van der Waals surface area contributed by atoms with Crippen LogP contribution in [0.2, 0.25) is 0 Å². The summed E-state index contributed by atoms with van der Waals surface area (Å²) in [5.41, 5.74) is 2.75. The molecule has 0 spiro atoms. The Morgan fingerprint density at radius 2 is 2.06 bits per heavy atom. The molecular formula is C12H12N4O2. The standard InChI is InChI=1S/C12H12N4O2/c1-9-4-11(16(17)18)2-3-12(9)15-7-10-5-13-8-14-6-10/h2-6,8,15H,7H2,1H3. The Morgan fingerprint density at radius 3 is 2.67 bits per heavy atom. The molecule has 2 aromatic rings. The van der Waals surface area contributed by atoms with Crippen molar-refractivity contribution in [3.8, 4) is 0 Å². The zero-order chi connectivity index (χ0) is 13.0. The second kappa shape index (κ2) is 5.22. The molecule has 1 N–H and O–H groups in total. The van der Waals surface area contributed by atoms with Gasteiger partial charge in [0.15, 0.2) is 0 Å². The van der Waals surface area contributed by atoms with Crippen LogP contribution in [-0.2, 0) is 6.54 Å². The molecule has 92 valence electrons. The number of nitro groups is 1. The highest BCUT2D eigenvalue weighted by atomic mass is 16.6. The summed E-state index contributed by atoms with van der Waals surface area (Å²) in [6.45, 7) is 2.41. The average molecular weight is 244 g/mol. The molecule has 0 aliphatic carbocycles. The van der Waals surface area contributed by atoms with Crippen molar-refractivity contribution in [1.82, 2.24) is 9.97 Å². The number of non-ortho nitro benzene ring substituents is 1. The lowest BCUT2D eigenvalue weighted by atomic mass is 10.1. The molecule has 0 unspecified atom stereocenters. The molecule has 0 saturated heterocycles. The number of nitrogens with one attached hydrogen (secondary N) is 1. The topological polar surface area (TPSA) is 81.0 Å². The quantitative estimate of drug-likeness (QED) is 0.659. The van der Waals surface area contributed by atoms with Gasteiger partial charge in [0.05, 0.1) is 4.92 Å². The molecule has 1 aromatic carbocycles. The third-order valence-electron chi connectivity index (χ3n) is 2.52. The van der Waals surface area contributed by atoms with Crippen LogP contribution in [0.4, 0.5) is 11.4 Å². The summed E-state index contributed by atoms with van der Waals surface area (Å²) in [7, 11) is 0. The number of rotatable bonds is 4. The van der Waals surface area contributed by atoms with Gasteiger partial charge in [-0.25, -0.2) is 9.97 Å². The molecule has 2 rings (SSSR count). The number of hydrogen-bond donors (Lipinski definition) is 1. The van der Waals surface area contributed by atoms with E-state index in [-0.39, 0.29) is 5.69 Å². The van der Waals surface area contributed by atoms with Crippen LogP contribution in [0.15, 0.2) is 36.9 Å². The average Bonchev–Trinajstić information content (AvgIpc) is 2.38. The number of nitro benzene ring substituents is 1. The molecule has 0 aliphatic heterocycles. The Morgan fingerprint density at radius 1 is 1.33 bits per heavy atom. The first-order chi connectivity index (χ1) is 8.66. The number of nitrogens with zero attached hydrogens (tertiary/aromatic N) is 3. The van der Waals surface area contributed by atoms with Crippen molar-refractivity contribution in [3.63, 3.8) is 0 Å². The van der Waals surface area contributed by atoms with E-state index in [4.69, 9.17) is 0 Å². The summed E-state index contributed by atoms with van der Waals surface area (Å²) in [6.07, 6.45) is 4.92. The van der Waals surface area contributed by atoms with Gasteiger partial charge in [-0.05, 0) is 18.6 Å². The highest BCUT2D eigenvalue weighted by molar-refractivity contribution is 5.55. The van der Waals surface area contributed by atoms with Crippen molar-refractivity contribution < 1.29 is 4.92 Å². The second-order valence-electron chi connectivity index (χ2n) is 3.86. The van der Waals surface area contributed by atoms with Crippen molar-refractivity contribution in [2.75, 3.05) is 5.32 Å². The van der Waals surface area contributed by atoms with Crippen molar-refractivity contribution in [2.45, 2.75) is 13.5 Å². The molecule has 1 aromatic heterocycles. The number of aryl methyl sites for hydroxylation is 1. The van der Waals surface area contributed by atoms with Crippen molar-refractivity contribution in [1.29, 1.82) is 0 Å². The van der Waals surface area contributed by atoms with Gasteiger partial charge >= 0.3 is 0 Å². The lowest BCUT2D eigenvalue weighted by molar-refractivity contribution is -0.384. The minimum Gasteiger partial charge on any atom is -0.381 e. The summed E-state index contributed by atoms with van der Waals surface area (Å²) in [5.74, 6) is 0. The second-order valence-corrected chi connectivity index (χ2v) is 3.86. The van der Waals surface area contributed by atoms with Crippen LogP contribution in [0, 0.1) is 17.0 Å². The molecule has 0 fully saturated rings. The van der Waals surface area contributed by atoms with Gasteiger partial charge in [0.1, 0.15) is 6.33 Å². The van der Waals surface area contributed by atoms with E-state index < -0.39 is 4.92 Å². The van der Waals surface area contributed by atoms with E-state index in [1.807, 2.05) is 6.92 Å². The van der Waals surface area contributed by atoms with E-state index in [1.54, 1.807) is 24.5 Å². The fourth-order valence-corrected chi connectivity index (χ4v) is 1.58. The highest BCUT2D eigenvalue weighted by Crippen LogP contribution is 2.21. The van der Waals surface area contributed by atoms with Crippen LogP contribution >= 0.6 is 0 Å². The minimum absolute atomic E-state index is 0.0982. The van der Waals surface area contributed by atoms with E-state index in [0.717, 1.165) is 16.8 Å². The van der Waals surface area contributed by atoms with Gasteiger partial charge in [-0.2, -0.15) is 0 Å². The van der Waals surface area contributed by atoms with Crippen molar-refractivity contribution >= 4 is 11.4 Å². The molecule has 0 saturated carbocycles. The first-order valence-corrected chi connectivity index (χ1v) is 5.39. The van der Waals surface area contributed by atoms with Gasteiger partial charge in [0.25, 0.3) is 5.69 Å². The van der Waals surface area contributed by atoms with Gasteiger partial charge in [-0.3, -0.25) is 10.1 Å². The fourth-order valence-electron chi connectivity index (χ4n) is 1.58. The summed E-state index contributed by atoms with van der Waals surface area (Å²) in [4.78, 5) is 18.0. The maximum absolute atomic E-state index is 10.6. The molecule has 0 radical (unpaired) electrons.